The summed E-state index contributed by atoms with van der Waals surface area (Å²) >= 11 is 0. The molecular weight excluding hydrogens is 172 g/mol. The summed E-state index contributed by atoms with van der Waals surface area (Å²) in [5.74, 6) is 0.915. The standard InChI is InChI=1S/C13H17O/c1-2-3-4-5-9-12-14-13-10-7-6-8-11-13/h2-3,6-7,10-11H,4-5,9,12H2,1H3/b3-2+. The van der Waals surface area contributed by atoms with Crippen molar-refractivity contribution >= 4 is 0 Å². The minimum atomic E-state index is 0.801. The summed E-state index contributed by atoms with van der Waals surface area (Å²) in [5.41, 5.74) is 0. The Morgan fingerprint density at radius 1 is 1.43 bits per heavy atom. The number of unbranched alkanes of at least 4 members (excludes halogenated alkanes) is 2. The summed E-state index contributed by atoms with van der Waals surface area (Å²) in [6, 6.07) is 10.6. The van der Waals surface area contributed by atoms with Gasteiger partial charge in [-0.05, 0) is 44.4 Å². The molecule has 0 atom stereocenters. The summed E-state index contributed by atoms with van der Waals surface area (Å²) in [6.07, 6.45) is 7.74. The zero-order valence-electron chi connectivity index (χ0n) is 8.70. The molecule has 0 aliphatic rings. The Morgan fingerprint density at radius 2 is 2.36 bits per heavy atom. The molecule has 75 valence electrons. The fourth-order valence-electron chi connectivity index (χ4n) is 1.19. The first-order valence-electron chi connectivity index (χ1n) is 5.13. The summed E-state index contributed by atoms with van der Waals surface area (Å²) in [7, 11) is 0. The number of rotatable bonds is 6. The van der Waals surface area contributed by atoms with E-state index in [2.05, 4.69) is 25.1 Å². The van der Waals surface area contributed by atoms with Crippen LogP contribution in [0.25, 0.3) is 0 Å². The highest BCUT2D eigenvalue weighted by atomic mass is 16.5. The van der Waals surface area contributed by atoms with Crippen LogP contribution in [-0.4, -0.2) is 6.61 Å². The van der Waals surface area contributed by atoms with E-state index >= 15 is 0 Å². The topological polar surface area (TPSA) is 9.23 Å². The molecule has 1 heteroatoms. The normalized spacial score (nSPS) is 10.6. The van der Waals surface area contributed by atoms with E-state index in [1.165, 1.54) is 6.42 Å². The lowest BCUT2D eigenvalue weighted by atomic mass is 10.2. The van der Waals surface area contributed by atoms with Gasteiger partial charge in [0.15, 0.2) is 0 Å². The average molecular weight is 189 g/mol. The van der Waals surface area contributed by atoms with Crippen LogP contribution in [0.1, 0.15) is 26.2 Å². The summed E-state index contributed by atoms with van der Waals surface area (Å²) in [4.78, 5) is 0. The predicted molar refractivity (Wildman–Crippen MR) is 59.4 cm³/mol. The second-order valence-corrected chi connectivity index (χ2v) is 3.15. The van der Waals surface area contributed by atoms with Crippen molar-refractivity contribution in [3.05, 3.63) is 42.5 Å². The zero-order valence-corrected chi connectivity index (χ0v) is 8.70. The van der Waals surface area contributed by atoms with Gasteiger partial charge in [0.2, 0.25) is 0 Å². The van der Waals surface area contributed by atoms with Crippen LogP contribution >= 0.6 is 0 Å². The summed E-state index contributed by atoms with van der Waals surface area (Å²) < 4.78 is 5.53. The molecule has 0 saturated heterocycles. The number of hydrogen-bond acceptors (Lipinski definition) is 1. The molecule has 1 aromatic rings. The molecule has 0 bridgehead atoms. The van der Waals surface area contributed by atoms with E-state index in [9.17, 15) is 0 Å². The molecule has 0 spiro atoms. The van der Waals surface area contributed by atoms with Crippen LogP contribution in [0.5, 0.6) is 5.75 Å². The summed E-state index contributed by atoms with van der Waals surface area (Å²) in [5, 5.41) is 0. The number of hydrogen-bond donors (Lipinski definition) is 0. The van der Waals surface area contributed by atoms with Crippen LogP contribution in [0.4, 0.5) is 0 Å². The zero-order chi connectivity index (χ0) is 10.1. The highest BCUT2D eigenvalue weighted by molar-refractivity contribution is 5.19. The van der Waals surface area contributed by atoms with Gasteiger partial charge in [-0.3, -0.25) is 0 Å². The molecule has 0 amide bonds. The Balaban J connectivity index is 2.05. The van der Waals surface area contributed by atoms with Crippen molar-refractivity contribution in [1.82, 2.24) is 0 Å². The molecule has 0 heterocycles. The van der Waals surface area contributed by atoms with Crippen molar-refractivity contribution in [2.45, 2.75) is 26.2 Å². The molecule has 1 radical (unpaired) electrons. The third-order valence-corrected chi connectivity index (χ3v) is 1.95. The first-order valence-corrected chi connectivity index (χ1v) is 5.13. The van der Waals surface area contributed by atoms with Crippen LogP contribution in [0, 0.1) is 6.07 Å². The van der Waals surface area contributed by atoms with E-state index in [0.29, 0.717) is 0 Å². The Labute approximate surface area is 86.4 Å². The lowest BCUT2D eigenvalue weighted by molar-refractivity contribution is 0.307. The van der Waals surface area contributed by atoms with E-state index in [1.807, 2.05) is 24.3 Å². The molecule has 0 saturated carbocycles. The average Bonchev–Trinajstić information content (AvgIpc) is 2.25. The predicted octanol–water partition coefficient (Wildman–Crippen LogP) is 3.61. The maximum atomic E-state index is 5.53. The first-order chi connectivity index (χ1) is 6.93. The highest BCUT2D eigenvalue weighted by Gasteiger charge is 1.90. The van der Waals surface area contributed by atoms with Gasteiger partial charge in [0.05, 0.1) is 6.61 Å². The molecular formula is C13H17O. The van der Waals surface area contributed by atoms with E-state index in [-0.39, 0.29) is 0 Å². The molecule has 14 heavy (non-hydrogen) atoms. The molecule has 0 aliphatic heterocycles. The molecule has 1 nitrogen and oxygen atoms in total. The monoisotopic (exact) mass is 189 g/mol. The van der Waals surface area contributed by atoms with E-state index in [4.69, 9.17) is 4.74 Å². The molecule has 0 aromatic heterocycles. The van der Waals surface area contributed by atoms with Gasteiger partial charge >= 0.3 is 0 Å². The minimum Gasteiger partial charge on any atom is -0.494 e. The van der Waals surface area contributed by atoms with Gasteiger partial charge in [0.1, 0.15) is 5.75 Å². The molecule has 0 N–H and O–H groups in total. The number of allylic oxidation sites excluding steroid dienone is 2. The molecule has 1 rings (SSSR count). The van der Waals surface area contributed by atoms with Crippen LogP contribution in [0.15, 0.2) is 36.4 Å². The number of benzene rings is 1. The quantitative estimate of drug-likeness (QED) is 0.490. The maximum Gasteiger partial charge on any atom is 0.119 e. The van der Waals surface area contributed by atoms with Gasteiger partial charge in [0.25, 0.3) is 0 Å². The molecule has 0 aliphatic carbocycles. The van der Waals surface area contributed by atoms with Gasteiger partial charge in [-0.1, -0.05) is 24.3 Å². The third kappa shape index (κ3) is 4.70. The van der Waals surface area contributed by atoms with E-state index in [1.54, 1.807) is 0 Å². The Morgan fingerprint density at radius 3 is 3.07 bits per heavy atom. The van der Waals surface area contributed by atoms with Crippen molar-refractivity contribution in [3.63, 3.8) is 0 Å². The van der Waals surface area contributed by atoms with Crippen molar-refractivity contribution in [2.24, 2.45) is 0 Å². The van der Waals surface area contributed by atoms with Crippen molar-refractivity contribution in [2.75, 3.05) is 6.61 Å². The SMILES string of the molecule is C/C=C/CCCCOc1c[c]ccc1. The first kappa shape index (κ1) is 10.8. The van der Waals surface area contributed by atoms with Crippen LogP contribution in [-0.2, 0) is 0 Å². The Bertz CT molecular complexity index is 251. The molecule has 0 unspecified atom stereocenters. The minimum absolute atomic E-state index is 0.801. The Hall–Kier alpha value is -1.24. The van der Waals surface area contributed by atoms with Crippen LogP contribution in [0.3, 0.4) is 0 Å². The van der Waals surface area contributed by atoms with E-state index < -0.39 is 0 Å². The van der Waals surface area contributed by atoms with Crippen LogP contribution < -0.4 is 4.74 Å². The highest BCUT2D eigenvalue weighted by Crippen LogP contribution is 2.08. The van der Waals surface area contributed by atoms with Gasteiger partial charge in [0, 0.05) is 0 Å². The van der Waals surface area contributed by atoms with Crippen molar-refractivity contribution in [3.8, 4) is 5.75 Å². The van der Waals surface area contributed by atoms with Crippen molar-refractivity contribution < 1.29 is 4.74 Å². The van der Waals surface area contributed by atoms with Crippen molar-refractivity contribution in [1.29, 1.82) is 0 Å². The smallest absolute Gasteiger partial charge is 0.119 e. The van der Waals surface area contributed by atoms with Gasteiger partial charge in [-0.2, -0.15) is 0 Å². The van der Waals surface area contributed by atoms with Gasteiger partial charge in [-0.25, -0.2) is 0 Å². The summed E-state index contributed by atoms with van der Waals surface area (Å²) in [6.45, 7) is 2.85. The Kier molecular flexibility index (Phi) is 5.57. The third-order valence-electron chi connectivity index (χ3n) is 1.95. The molecule has 1 aromatic carbocycles. The fraction of sp³-hybridized carbons (Fsp3) is 0.385. The van der Waals surface area contributed by atoms with E-state index in [0.717, 1.165) is 25.2 Å². The second-order valence-electron chi connectivity index (χ2n) is 3.15. The van der Waals surface area contributed by atoms with Crippen LogP contribution in [0.2, 0.25) is 0 Å². The fourth-order valence-corrected chi connectivity index (χ4v) is 1.19. The molecule has 0 fully saturated rings. The lowest BCUT2D eigenvalue weighted by Crippen LogP contribution is -1.96. The van der Waals surface area contributed by atoms with Gasteiger partial charge < -0.3 is 4.74 Å². The second kappa shape index (κ2) is 7.19. The number of ether oxygens (including phenoxy) is 1. The lowest BCUT2D eigenvalue weighted by Gasteiger charge is -2.04. The maximum absolute atomic E-state index is 5.53. The van der Waals surface area contributed by atoms with Gasteiger partial charge in [-0.15, -0.1) is 0 Å². The largest absolute Gasteiger partial charge is 0.494 e.